The Bertz CT molecular complexity index is 305. The minimum absolute atomic E-state index is 0. The first kappa shape index (κ1) is 15.8. The van der Waals surface area contributed by atoms with Crippen molar-refractivity contribution in [2.24, 2.45) is 0 Å². The van der Waals surface area contributed by atoms with Gasteiger partial charge in [-0.2, -0.15) is 0 Å². The average Bonchev–Trinajstić information content (AvgIpc) is 2.19. The Labute approximate surface area is 137 Å². The van der Waals surface area contributed by atoms with Crippen LogP contribution in [-0.4, -0.2) is 15.4 Å². The molecular weight excluding hydrogens is 239 g/mol. The largest absolute Gasteiger partial charge is 1.00 e. The van der Waals surface area contributed by atoms with Crippen molar-refractivity contribution in [3.05, 3.63) is 24.3 Å². The Balaban J connectivity index is 0. The third-order valence-corrected chi connectivity index (χ3v) is 2.47. The summed E-state index contributed by atoms with van der Waals surface area (Å²) in [4.78, 5) is 0.396. The number of benzene rings is 1. The zero-order chi connectivity index (χ0) is 10.4. The van der Waals surface area contributed by atoms with Crippen LogP contribution in [0, 0.1) is 0 Å². The van der Waals surface area contributed by atoms with E-state index in [1.807, 2.05) is 0 Å². The summed E-state index contributed by atoms with van der Waals surface area (Å²) in [6, 6.07) is 6.60. The zero-order valence-corrected chi connectivity index (χ0v) is 13.0. The van der Waals surface area contributed by atoms with E-state index in [0.29, 0.717) is 11.5 Å². The molecule has 0 aliphatic carbocycles. The molecule has 0 saturated heterocycles. The van der Waals surface area contributed by atoms with Crippen molar-refractivity contribution in [1.82, 2.24) is 0 Å². The van der Waals surface area contributed by atoms with E-state index >= 15 is 0 Å². The molecule has 0 aliphatic heterocycles. The van der Waals surface area contributed by atoms with Crippen molar-refractivity contribution >= 4 is 11.1 Å². The average molecular weight is 254 g/mol. The maximum Gasteiger partial charge on any atom is 1.00 e. The van der Waals surface area contributed by atoms with Gasteiger partial charge in [-0.05, 0) is 30.7 Å². The van der Waals surface area contributed by atoms with E-state index in [1.165, 1.54) is 0 Å². The predicted octanol–water partition coefficient (Wildman–Crippen LogP) is -0.437. The number of hydrogen-bond donors (Lipinski definition) is 1. The molecule has 0 aliphatic rings. The van der Waals surface area contributed by atoms with Crippen LogP contribution in [-0.2, 0) is 11.1 Å². The minimum atomic E-state index is -1.90. The second-order valence-electron chi connectivity index (χ2n) is 2.92. The molecule has 0 fully saturated rings. The Morgan fingerprint density at radius 1 is 1.40 bits per heavy atom. The van der Waals surface area contributed by atoms with Gasteiger partial charge < -0.3 is 10.7 Å². The van der Waals surface area contributed by atoms with Gasteiger partial charge in [0.05, 0.1) is 11.5 Å². The molecule has 0 spiro atoms. The molecule has 5 heteroatoms. The fourth-order valence-electron chi connectivity index (χ4n) is 0.987. The minimum Gasteiger partial charge on any atom is -1.00 e. The maximum absolute atomic E-state index is 10.6. The van der Waals surface area contributed by atoms with Crippen LogP contribution in [0.15, 0.2) is 29.2 Å². The van der Waals surface area contributed by atoms with E-state index in [9.17, 15) is 4.21 Å². The zero-order valence-electron chi connectivity index (χ0n) is 10.1. The normalized spacial score (nSPS) is 11.6. The molecule has 3 nitrogen and oxygen atoms in total. The number of ether oxygens (including phenoxy) is 1. The van der Waals surface area contributed by atoms with Crippen molar-refractivity contribution < 1.29 is 66.3 Å². The Morgan fingerprint density at radius 3 is 2.47 bits per heavy atom. The molecule has 1 N–H and O–H groups in total. The van der Waals surface area contributed by atoms with Gasteiger partial charge in [-0.3, -0.25) is 0 Å². The fraction of sp³-hybridized carbons (Fsp3) is 0.400. The van der Waals surface area contributed by atoms with E-state index < -0.39 is 11.1 Å². The molecule has 0 bridgehead atoms. The summed E-state index contributed by atoms with van der Waals surface area (Å²) in [6.07, 6.45) is 2.12. The Kier molecular flexibility index (Phi) is 9.32. The van der Waals surface area contributed by atoms with Gasteiger partial charge in [0, 0.05) is 0 Å². The Hall–Kier alpha value is 0.766. The molecule has 0 saturated carbocycles. The summed E-state index contributed by atoms with van der Waals surface area (Å²) in [5, 5.41) is 0. The molecule has 1 atom stereocenters. The molecule has 1 unspecified atom stereocenters. The maximum atomic E-state index is 10.6. The van der Waals surface area contributed by atoms with Gasteiger partial charge in [0.2, 0.25) is 0 Å². The summed E-state index contributed by atoms with van der Waals surface area (Å²) >= 11 is -1.90. The molecule has 80 valence electrons. The van der Waals surface area contributed by atoms with Gasteiger partial charge in [-0.15, -0.1) is 0 Å². The van der Waals surface area contributed by atoms with E-state index in [1.54, 1.807) is 24.3 Å². The molecule has 15 heavy (non-hydrogen) atoms. The molecule has 1 rings (SSSR count). The molecule has 1 aromatic carbocycles. The summed E-state index contributed by atoms with van der Waals surface area (Å²) < 4.78 is 24.8. The van der Waals surface area contributed by atoms with Crippen LogP contribution in [0.4, 0.5) is 0 Å². The van der Waals surface area contributed by atoms with Gasteiger partial charge >= 0.3 is 51.4 Å². The van der Waals surface area contributed by atoms with Crippen molar-refractivity contribution in [3.8, 4) is 5.75 Å². The van der Waals surface area contributed by atoms with Gasteiger partial charge in [0.1, 0.15) is 5.75 Å². The monoisotopic (exact) mass is 254 g/mol. The number of unbranched alkanes of at least 4 members (excludes halogenated alkanes) is 1. The van der Waals surface area contributed by atoms with Crippen LogP contribution >= 0.6 is 0 Å². The fourth-order valence-corrected chi connectivity index (χ4v) is 1.36. The van der Waals surface area contributed by atoms with Gasteiger partial charge in [-0.25, -0.2) is 4.21 Å². The van der Waals surface area contributed by atoms with E-state index in [-0.39, 0.29) is 52.8 Å². The Morgan fingerprint density at radius 2 is 2.00 bits per heavy atom. The van der Waals surface area contributed by atoms with E-state index in [2.05, 4.69) is 6.92 Å². The molecule has 0 radical (unpaired) electrons. The van der Waals surface area contributed by atoms with Crippen LogP contribution in [0.25, 0.3) is 0 Å². The topological polar surface area (TPSA) is 46.5 Å². The smallest absolute Gasteiger partial charge is 1.00 e. The van der Waals surface area contributed by atoms with Crippen LogP contribution in [0.5, 0.6) is 5.75 Å². The van der Waals surface area contributed by atoms with Gasteiger partial charge in [0.15, 0.2) is 11.1 Å². The molecular formula is C10H15KO3S. The summed E-state index contributed by atoms with van der Waals surface area (Å²) in [5.41, 5.74) is 0. The first-order chi connectivity index (χ1) is 6.74. The van der Waals surface area contributed by atoms with Crippen molar-refractivity contribution in [3.63, 3.8) is 0 Å². The summed E-state index contributed by atoms with van der Waals surface area (Å²) in [5.74, 6) is 0.743. The quantitative estimate of drug-likeness (QED) is 0.440. The summed E-state index contributed by atoms with van der Waals surface area (Å²) in [7, 11) is 0. The first-order valence-electron chi connectivity index (χ1n) is 4.57. The van der Waals surface area contributed by atoms with Gasteiger partial charge in [-0.1, -0.05) is 13.3 Å². The number of rotatable bonds is 5. The van der Waals surface area contributed by atoms with Crippen LogP contribution in [0.3, 0.4) is 0 Å². The summed E-state index contributed by atoms with van der Waals surface area (Å²) in [6.45, 7) is 2.79. The molecule has 0 amide bonds. The second kappa shape index (κ2) is 8.87. The molecule has 0 heterocycles. The van der Waals surface area contributed by atoms with Crippen LogP contribution < -0.4 is 56.1 Å². The van der Waals surface area contributed by atoms with Crippen molar-refractivity contribution in [2.75, 3.05) is 6.61 Å². The third-order valence-electron chi connectivity index (χ3n) is 1.79. The second-order valence-corrected chi connectivity index (χ2v) is 3.89. The first-order valence-corrected chi connectivity index (χ1v) is 5.68. The van der Waals surface area contributed by atoms with Crippen LogP contribution in [0.1, 0.15) is 21.2 Å². The SMILES string of the molecule is CCCCOc1ccc(S(=O)O)cc1.[H-].[K+]. The standard InChI is InChI=1S/C10H14O3S.K.H/c1-2-3-8-13-9-4-6-10(7-5-9)14(11)12;;/h4-7H,2-3,8H2,1H3,(H,11,12);;/q;+1;-1. The van der Waals surface area contributed by atoms with Crippen LogP contribution in [0.2, 0.25) is 0 Å². The van der Waals surface area contributed by atoms with E-state index in [0.717, 1.165) is 18.6 Å². The molecule has 0 aromatic heterocycles. The third kappa shape index (κ3) is 6.16. The predicted molar refractivity (Wildman–Crippen MR) is 57.0 cm³/mol. The van der Waals surface area contributed by atoms with E-state index in [4.69, 9.17) is 9.29 Å². The molecule has 1 aromatic rings. The van der Waals surface area contributed by atoms with Crippen molar-refractivity contribution in [2.45, 2.75) is 24.7 Å². The van der Waals surface area contributed by atoms with Gasteiger partial charge in [0.25, 0.3) is 0 Å². The van der Waals surface area contributed by atoms with Crippen molar-refractivity contribution in [1.29, 1.82) is 0 Å². The number of hydrogen-bond acceptors (Lipinski definition) is 2.